The fourth-order valence-corrected chi connectivity index (χ4v) is 2.58. The highest BCUT2D eigenvalue weighted by atomic mass is 19.1. The zero-order chi connectivity index (χ0) is 16.8. The molecule has 0 bridgehead atoms. The molecule has 1 atom stereocenters. The molecule has 0 saturated carbocycles. The highest BCUT2D eigenvalue weighted by molar-refractivity contribution is 5.94. The summed E-state index contributed by atoms with van der Waals surface area (Å²) in [4.78, 5) is 25.4. The second-order valence-corrected chi connectivity index (χ2v) is 5.62. The number of nitrogens with one attached hydrogen (secondary N) is 2. The minimum Gasteiger partial charge on any atom is -0.394 e. The molecule has 0 unspecified atom stereocenters. The van der Waals surface area contributed by atoms with Crippen LogP contribution in [0, 0.1) is 12.7 Å². The SMILES string of the molecule is Cc1ccc(C(=O)NCCNC(=O)N2CCC[C@@H]2CO)cc1F. The van der Waals surface area contributed by atoms with Gasteiger partial charge in [-0.15, -0.1) is 0 Å². The monoisotopic (exact) mass is 323 g/mol. The summed E-state index contributed by atoms with van der Waals surface area (Å²) in [6, 6.07) is 3.94. The van der Waals surface area contributed by atoms with Crippen molar-refractivity contribution in [1.82, 2.24) is 15.5 Å². The number of urea groups is 1. The van der Waals surface area contributed by atoms with Crippen LogP contribution in [-0.4, -0.2) is 54.2 Å². The first-order chi connectivity index (χ1) is 11.0. The Bertz CT molecular complexity index is 580. The van der Waals surface area contributed by atoms with Crippen molar-refractivity contribution in [3.05, 3.63) is 35.1 Å². The van der Waals surface area contributed by atoms with Gasteiger partial charge in [0, 0.05) is 25.2 Å². The average molecular weight is 323 g/mol. The lowest BCUT2D eigenvalue weighted by atomic mass is 10.1. The van der Waals surface area contributed by atoms with E-state index in [0.717, 1.165) is 12.8 Å². The van der Waals surface area contributed by atoms with E-state index in [2.05, 4.69) is 10.6 Å². The van der Waals surface area contributed by atoms with Crippen LogP contribution in [0.3, 0.4) is 0 Å². The number of halogens is 1. The summed E-state index contributed by atoms with van der Waals surface area (Å²) >= 11 is 0. The maximum atomic E-state index is 13.4. The quantitative estimate of drug-likeness (QED) is 0.708. The minimum atomic E-state index is -0.421. The van der Waals surface area contributed by atoms with Crippen molar-refractivity contribution in [2.45, 2.75) is 25.8 Å². The van der Waals surface area contributed by atoms with Crippen LogP contribution in [-0.2, 0) is 0 Å². The number of hydrogen-bond donors (Lipinski definition) is 3. The summed E-state index contributed by atoms with van der Waals surface area (Å²) in [6.45, 7) is 2.74. The van der Waals surface area contributed by atoms with Gasteiger partial charge in [0.1, 0.15) is 5.82 Å². The second kappa shape index (κ2) is 7.92. The normalized spacial score (nSPS) is 17.2. The number of nitrogens with zero attached hydrogens (tertiary/aromatic N) is 1. The molecule has 0 spiro atoms. The van der Waals surface area contributed by atoms with E-state index in [1.807, 2.05) is 0 Å². The summed E-state index contributed by atoms with van der Waals surface area (Å²) in [5.74, 6) is -0.803. The summed E-state index contributed by atoms with van der Waals surface area (Å²) < 4.78 is 13.4. The molecule has 3 N–H and O–H groups in total. The Labute approximate surface area is 134 Å². The molecular weight excluding hydrogens is 301 g/mol. The molecule has 3 amide bonds. The third kappa shape index (κ3) is 4.41. The van der Waals surface area contributed by atoms with Crippen LogP contribution in [0.15, 0.2) is 18.2 Å². The molecule has 126 valence electrons. The van der Waals surface area contributed by atoms with Gasteiger partial charge in [0.15, 0.2) is 0 Å². The topological polar surface area (TPSA) is 81.7 Å². The summed E-state index contributed by atoms with van der Waals surface area (Å²) in [5.41, 5.74) is 0.733. The van der Waals surface area contributed by atoms with Crippen molar-refractivity contribution in [2.75, 3.05) is 26.2 Å². The van der Waals surface area contributed by atoms with Gasteiger partial charge in [-0.05, 0) is 37.5 Å². The van der Waals surface area contributed by atoms with Crippen molar-refractivity contribution in [2.24, 2.45) is 0 Å². The molecule has 0 aliphatic carbocycles. The van der Waals surface area contributed by atoms with Crippen molar-refractivity contribution < 1.29 is 19.1 Å². The minimum absolute atomic E-state index is 0.0385. The van der Waals surface area contributed by atoms with Crippen LogP contribution in [0.25, 0.3) is 0 Å². The van der Waals surface area contributed by atoms with Crippen LogP contribution >= 0.6 is 0 Å². The number of aliphatic hydroxyl groups excluding tert-OH is 1. The maximum absolute atomic E-state index is 13.4. The average Bonchev–Trinajstić information content (AvgIpc) is 3.02. The van der Waals surface area contributed by atoms with Crippen molar-refractivity contribution in [3.8, 4) is 0 Å². The van der Waals surface area contributed by atoms with Gasteiger partial charge in [-0.3, -0.25) is 4.79 Å². The molecule has 1 aromatic carbocycles. The largest absolute Gasteiger partial charge is 0.394 e. The van der Waals surface area contributed by atoms with Gasteiger partial charge in [0.05, 0.1) is 12.6 Å². The highest BCUT2D eigenvalue weighted by Crippen LogP contribution is 2.16. The third-order valence-electron chi connectivity index (χ3n) is 3.97. The number of rotatable bonds is 5. The predicted octanol–water partition coefficient (Wildman–Crippen LogP) is 1.03. The Balaban J connectivity index is 1.73. The van der Waals surface area contributed by atoms with Gasteiger partial charge in [0.2, 0.25) is 0 Å². The number of amides is 3. The first kappa shape index (κ1) is 17.2. The summed E-state index contributed by atoms with van der Waals surface area (Å²) in [5, 5.41) is 14.5. The number of aliphatic hydroxyl groups is 1. The number of aryl methyl sites for hydroxylation is 1. The third-order valence-corrected chi connectivity index (χ3v) is 3.97. The van der Waals surface area contributed by atoms with E-state index in [-0.39, 0.29) is 43.2 Å². The molecule has 1 aliphatic rings. The van der Waals surface area contributed by atoms with Crippen molar-refractivity contribution >= 4 is 11.9 Å². The van der Waals surface area contributed by atoms with E-state index in [9.17, 15) is 19.1 Å². The number of benzene rings is 1. The van der Waals surface area contributed by atoms with Crippen molar-refractivity contribution in [1.29, 1.82) is 0 Å². The zero-order valence-corrected chi connectivity index (χ0v) is 13.1. The smallest absolute Gasteiger partial charge is 0.317 e. The number of hydrogen-bond acceptors (Lipinski definition) is 3. The van der Waals surface area contributed by atoms with Gasteiger partial charge in [0.25, 0.3) is 5.91 Å². The molecule has 0 aromatic heterocycles. The van der Waals surface area contributed by atoms with Crippen molar-refractivity contribution in [3.63, 3.8) is 0 Å². The number of carbonyl (C=O) groups is 2. The fraction of sp³-hybridized carbons (Fsp3) is 0.500. The first-order valence-electron chi connectivity index (χ1n) is 7.72. The molecule has 1 fully saturated rings. The van der Waals surface area contributed by atoms with Gasteiger partial charge in [-0.1, -0.05) is 6.07 Å². The van der Waals surface area contributed by atoms with Gasteiger partial charge < -0.3 is 20.6 Å². The summed E-state index contributed by atoms with van der Waals surface area (Å²) in [7, 11) is 0. The van der Waals surface area contributed by atoms with Crippen LogP contribution in [0.4, 0.5) is 9.18 Å². The van der Waals surface area contributed by atoms with E-state index < -0.39 is 5.82 Å². The van der Waals surface area contributed by atoms with E-state index in [4.69, 9.17) is 0 Å². The molecule has 1 aliphatic heterocycles. The molecule has 7 heteroatoms. The molecule has 2 rings (SSSR count). The fourth-order valence-electron chi connectivity index (χ4n) is 2.58. The molecule has 1 heterocycles. The molecular formula is C16H22FN3O3. The Morgan fingerprint density at radius 2 is 2.09 bits per heavy atom. The highest BCUT2D eigenvalue weighted by Gasteiger charge is 2.27. The molecule has 1 aromatic rings. The van der Waals surface area contributed by atoms with Gasteiger partial charge in [-0.25, -0.2) is 9.18 Å². The summed E-state index contributed by atoms with van der Waals surface area (Å²) in [6.07, 6.45) is 1.69. The number of carbonyl (C=O) groups excluding carboxylic acids is 2. The Hall–Kier alpha value is -2.15. The lowest BCUT2D eigenvalue weighted by Crippen LogP contribution is -2.46. The molecule has 1 saturated heterocycles. The predicted molar refractivity (Wildman–Crippen MR) is 83.7 cm³/mol. The zero-order valence-electron chi connectivity index (χ0n) is 13.1. The van der Waals surface area contributed by atoms with Gasteiger partial charge in [-0.2, -0.15) is 0 Å². The van der Waals surface area contributed by atoms with Crippen LogP contribution < -0.4 is 10.6 Å². The maximum Gasteiger partial charge on any atom is 0.317 e. The standard InChI is InChI=1S/C16H22FN3O3/c1-11-4-5-12(9-14(11)17)15(22)18-6-7-19-16(23)20-8-2-3-13(20)10-21/h4-5,9,13,21H,2-3,6-8,10H2,1H3,(H,18,22)(H,19,23)/t13-/m1/s1. The lowest BCUT2D eigenvalue weighted by Gasteiger charge is -2.23. The molecule has 0 radical (unpaired) electrons. The van der Waals surface area contributed by atoms with Crippen LogP contribution in [0.5, 0.6) is 0 Å². The molecule has 23 heavy (non-hydrogen) atoms. The van der Waals surface area contributed by atoms with Crippen LogP contribution in [0.1, 0.15) is 28.8 Å². The lowest BCUT2D eigenvalue weighted by molar-refractivity contribution is 0.0953. The second-order valence-electron chi connectivity index (χ2n) is 5.62. The van der Waals surface area contributed by atoms with E-state index in [0.29, 0.717) is 12.1 Å². The Kier molecular flexibility index (Phi) is 5.92. The van der Waals surface area contributed by atoms with Gasteiger partial charge >= 0.3 is 6.03 Å². The van der Waals surface area contributed by atoms with E-state index >= 15 is 0 Å². The first-order valence-corrected chi connectivity index (χ1v) is 7.72. The Morgan fingerprint density at radius 1 is 1.35 bits per heavy atom. The molecule has 6 nitrogen and oxygen atoms in total. The van der Waals surface area contributed by atoms with E-state index in [1.54, 1.807) is 24.0 Å². The number of likely N-dealkylation sites (tertiary alicyclic amines) is 1. The van der Waals surface area contributed by atoms with E-state index in [1.165, 1.54) is 6.07 Å². The Morgan fingerprint density at radius 3 is 2.78 bits per heavy atom. The van der Waals surface area contributed by atoms with Crippen LogP contribution in [0.2, 0.25) is 0 Å².